The summed E-state index contributed by atoms with van der Waals surface area (Å²) in [5.41, 5.74) is 3.90. The fourth-order valence-corrected chi connectivity index (χ4v) is 2.33. The van der Waals surface area contributed by atoms with Crippen molar-refractivity contribution in [3.8, 4) is 5.75 Å². The lowest BCUT2D eigenvalue weighted by Gasteiger charge is -2.10. The van der Waals surface area contributed by atoms with E-state index in [9.17, 15) is 4.79 Å². The molecule has 0 aliphatic rings. The number of halogens is 1. The minimum Gasteiger partial charge on any atom is -0.485 e. The number of ketones is 1. The molecular weight excluding hydrogens is 316 g/mol. The topological polar surface area (TPSA) is 26.3 Å². The van der Waals surface area contributed by atoms with Gasteiger partial charge in [-0.15, -0.1) is 0 Å². The van der Waals surface area contributed by atoms with Gasteiger partial charge >= 0.3 is 0 Å². The van der Waals surface area contributed by atoms with E-state index >= 15 is 0 Å². The van der Waals surface area contributed by atoms with E-state index in [4.69, 9.17) is 4.74 Å². The molecule has 0 saturated carbocycles. The molecule has 0 heterocycles. The van der Waals surface area contributed by atoms with Crippen LogP contribution in [0.15, 0.2) is 40.9 Å². The quantitative estimate of drug-likeness (QED) is 0.762. The lowest BCUT2D eigenvalue weighted by Crippen LogP contribution is -2.13. The minimum atomic E-state index is 0.00123. The lowest BCUT2D eigenvalue weighted by atomic mass is 10.1. The first-order valence-electron chi connectivity index (χ1n) is 6.47. The first-order chi connectivity index (χ1) is 9.49. The zero-order chi connectivity index (χ0) is 14.7. The lowest BCUT2D eigenvalue weighted by molar-refractivity contribution is 0.0921. The fourth-order valence-electron chi connectivity index (χ4n) is 2.10. The van der Waals surface area contributed by atoms with Gasteiger partial charge in [-0.1, -0.05) is 40.2 Å². The molecule has 0 amide bonds. The summed E-state index contributed by atoms with van der Waals surface area (Å²) in [7, 11) is 0. The number of ether oxygens (including phenoxy) is 1. The third-order valence-electron chi connectivity index (χ3n) is 3.23. The van der Waals surface area contributed by atoms with E-state index in [-0.39, 0.29) is 12.4 Å². The summed E-state index contributed by atoms with van der Waals surface area (Å²) in [6.45, 7) is 6.01. The van der Waals surface area contributed by atoms with Crippen LogP contribution in [0.3, 0.4) is 0 Å². The van der Waals surface area contributed by atoms with Gasteiger partial charge in [0.1, 0.15) is 5.75 Å². The average molecular weight is 333 g/mol. The number of hydrogen-bond acceptors (Lipinski definition) is 2. The molecule has 0 bridgehead atoms. The second-order valence-corrected chi connectivity index (χ2v) is 5.69. The maximum atomic E-state index is 12.1. The Morgan fingerprint density at radius 1 is 1.05 bits per heavy atom. The highest BCUT2D eigenvalue weighted by Gasteiger charge is 2.10. The van der Waals surface area contributed by atoms with Crippen molar-refractivity contribution >= 4 is 21.7 Å². The molecule has 20 heavy (non-hydrogen) atoms. The zero-order valence-electron chi connectivity index (χ0n) is 11.9. The highest BCUT2D eigenvalue weighted by Crippen LogP contribution is 2.26. The van der Waals surface area contributed by atoms with Crippen molar-refractivity contribution < 1.29 is 9.53 Å². The standard InChI is InChI=1S/C17H17BrO2/c1-11-6-4-5-7-15(11)16(19)10-20-14-8-12(2)17(18)13(3)9-14/h4-9H,10H2,1-3H3. The minimum absolute atomic E-state index is 0.00123. The Morgan fingerprint density at radius 3 is 2.25 bits per heavy atom. The van der Waals surface area contributed by atoms with Gasteiger partial charge in [0, 0.05) is 10.0 Å². The molecule has 2 rings (SSSR count). The predicted molar refractivity (Wildman–Crippen MR) is 84.6 cm³/mol. The number of carbonyl (C=O) groups excluding carboxylic acids is 1. The first kappa shape index (κ1) is 14.8. The molecule has 0 saturated heterocycles. The molecule has 0 fully saturated rings. The number of Topliss-reactive ketones (excluding diaryl/α,β-unsaturated/α-hetero) is 1. The molecular formula is C17H17BrO2. The smallest absolute Gasteiger partial charge is 0.200 e. The highest BCUT2D eigenvalue weighted by atomic mass is 79.9. The Labute approximate surface area is 127 Å². The molecule has 0 spiro atoms. The van der Waals surface area contributed by atoms with Gasteiger partial charge in [0.05, 0.1) is 0 Å². The Morgan fingerprint density at radius 2 is 1.65 bits per heavy atom. The number of aryl methyl sites for hydroxylation is 3. The molecule has 0 unspecified atom stereocenters. The third-order valence-corrected chi connectivity index (χ3v) is 4.48. The van der Waals surface area contributed by atoms with Gasteiger partial charge in [0.15, 0.2) is 12.4 Å². The number of carbonyl (C=O) groups is 1. The second kappa shape index (κ2) is 6.23. The molecule has 0 N–H and O–H groups in total. The molecule has 2 aromatic rings. The van der Waals surface area contributed by atoms with Crippen LogP contribution in [0.25, 0.3) is 0 Å². The predicted octanol–water partition coefficient (Wildman–Crippen LogP) is 4.64. The molecule has 2 aromatic carbocycles. The van der Waals surface area contributed by atoms with E-state index in [1.54, 1.807) is 0 Å². The molecule has 0 atom stereocenters. The summed E-state index contributed by atoms with van der Waals surface area (Å²) in [6, 6.07) is 11.4. The van der Waals surface area contributed by atoms with Crippen LogP contribution in [-0.4, -0.2) is 12.4 Å². The summed E-state index contributed by atoms with van der Waals surface area (Å²) in [5, 5.41) is 0. The van der Waals surface area contributed by atoms with Crippen LogP contribution in [0, 0.1) is 20.8 Å². The Balaban J connectivity index is 2.10. The van der Waals surface area contributed by atoms with Gasteiger partial charge in [0.2, 0.25) is 0 Å². The summed E-state index contributed by atoms with van der Waals surface area (Å²) >= 11 is 3.52. The highest BCUT2D eigenvalue weighted by molar-refractivity contribution is 9.10. The Bertz CT molecular complexity index is 624. The summed E-state index contributed by atoms with van der Waals surface area (Å²) in [6.07, 6.45) is 0. The van der Waals surface area contributed by atoms with Crippen molar-refractivity contribution in [1.82, 2.24) is 0 Å². The number of benzene rings is 2. The van der Waals surface area contributed by atoms with Crippen molar-refractivity contribution in [2.75, 3.05) is 6.61 Å². The van der Waals surface area contributed by atoms with Crippen LogP contribution in [0.2, 0.25) is 0 Å². The van der Waals surface area contributed by atoms with E-state index in [0.29, 0.717) is 0 Å². The van der Waals surface area contributed by atoms with Crippen molar-refractivity contribution in [1.29, 1.82) is 0 Å². The van der Waals surface area contributed by atoms with Crippen molar-refractivity contribution in [2.24, 2.45) is 0 Å². The molecule has 2 nitrogen and oxygen atoms in total. The van der Waals surface area contributed by atoms with E-state index in [2.05, 4.69) is 15.9 Å². The van der Waals surface area contributed by atoms with Crippen molar-refractivity contribution in [2.45, 2.75) is 20.8 Å². The normalized spacial score (nSPS) is 10.4. The average Bonchev–Trinajstić information content (AvgIpc) is 2.42. The van der Waals surface area contributed by atoms with Crippen LogP contribution in [0.5, 0.6) is 5.75 Å². The summed E-state index contributed by atoms with van der Waals surface area (Å²) in [4.78, 5) is 12.1. The fraction of sp³-hybridized carbons (Fsp3) is 0.235. The van der Waals surface area contributed by atoms with Gasteiger partial charge in [-0.05, 0) is 49.6 Å². The Hall–Kier alpha value is -1.61. The third kappa shape index (κ3) is 3.28. The van der Waals surface area contributed by atoms with Gasteiger partial charge in [-0.2, -0.15) is 0 Å². The first-order valence-corrected chi connectivity index (χ1v) is 7.26. The number of rotatable bonds is 4. The SMILES string of the molecule is Cc1ccccc1C(=O)COc1cc(C)c(Br)c(C)c1. The van der Waals surface area contributed by atoms with Gasteiger partial charge in [-0.25, -0.2) is 0 Å². The molecule has 3 heteroatoms. The van der Waals surface area contributed by atoms with Crippen LogP contribution < -0.4 is 4.74 Å². The van der Waals surface area contributed by atoms with E-state index in [1.165, 1.54) is 0 Å². The number of hydrogen-bond donors (Lipinski definition) is 0. The monoisotopic (exact) mass is 332 g/mol. The van der Waals surface area contributed by atoms with E-state index in [1.807, 2.05) is 57.2 Å². The summed E-state index contributed by atoms with van der Waals surface area (Å²) in [5.74, 6) is 0.728. The van der Waals surface area contributed by atoms with Crippen molar-refractivity contribution in [3.63, 3.8) is 0 Å². The van der Waals surface area contributed by atoms with Gasteiger partial charge < -0.3 is 4.74 Å². The molecule has 104 valence electrons. The van der Waals surface area contributed by atoms with Crippen LogP contribution in [0.1, 0.15) is 27.0 Å². The zero-order valence-corrected chi connectivity index (χ0v) is 13.5. The van der Waals surface area contributed by atoms with Crippen LogP contribution in [-0.2, 0) is 0 Å². The maximum absolute atomic E-state index is 12.1. The van der Waals surface area contributed by atoms with Gasteiger partial charge in [-0.3, -0.25) is 4.79 Å². The largest absolute Gasteiger partial charge is 0.485 e. The van der Waals surface area contributed by atoms with E-state index < -0.39 is 0 Å². The molecule has 0 aliphatic carbocycles. The molecule has 0 aliphatic heterocycles. The van der Waals surface area contributed by atoms with Crippen LogP contribution >= 0.6 is 15.9 Å². The van der Waals surface area contributed by atoms with Gasteiger partial charge in [0.25, 0.3) is 0 Å². The second-order valence-electron chi connectivity index (χ2n) is 4.90. The maximum Gasteiger partial charge on any atom is 0.200 e. The van der Waals surface area contributed by atoms with Crippen molar-refractivity contribution in [3.05, 3.63) is 63.1 Å². The molecule has 0 aromatic heterocycles. The molecule has 0 radical (unpaired) electrons. The summed E-state index contributed by atoms with van der Waals surface area (Å²) < 4.78 is 6.70. The van der Waals surface area contributed by atoms with Crippen LogP contribution in [0.4, 0.5) is 0 Å². The Kier molecular flexibility index (Phi) is 4.61. The van der Waals surface area contributed by atoms with E-state index in [0.717, 1.165) is 32.5 Å².